The standard InChI is InChI=1S/C18H18ClFN2O3S/c19-15-12-13(20)9-10-16(15)21-18(23)17-8-4-5-11-22(17)26(24,25)14-6-2-1-3-7-14/h1-3,6-7,9-10,12,17H,4-5,8,11H2,(H,21,23). The van der Waals surface area contributed by atoms with Gasteiger partial charge >= 0.3 is 0 Å². The van der Waals surface area contributed by atoms with Crippen LogP contribution in [-0.4, -0.2) is 31.2 Å². The average Bonchev–Trinajstić information content (AvgIpc) is 2.64. The fourth-order valence-corrected chi connectivity index (χ4v) is 4.88. The average molecular weight is 397 g/mol. The molecule has 5 nitrogen and oxygen atoms in total. The number of amides is 1. The maximum Gasteiger partial charge on any atom is 0.243 e. The normalized spacial score (nSPS) is 18.5. The molecule has 0 radical (unpaired) electrons. The molecule has 0 bridgehead atoms. The van der Waals surface area contributed by atoms with Crippen molar-refractivity contribution in [2.24, 2.45) is 0 Å². The van der Waals surface area contributed by atoms with Crippen LogP contribution in [0.4, 0.5) is 10.1 Å². The highest BCUT2D eigenvalue weighted by atomic mass is 35.5. The highest BCUT2D eigenvalue weighted by molar-refractivity contribution is 7.89. The Morgan fingerprint density at radius 1 is 1.15 bits per heavy atom. The van der Waals surface area contributed by atoms with E-state index in [0.29, 0.717) is 12.8 Å². The summed E-state index contributed by atoms with van der Waals surface area (Å²) in [5.74, 6) is -0.989. The first kappa shape index (κ1) is 18.8. The van der Waals surface area contributed by atoms with Crippen LogP contribution in [0.2, 0.25) is 5.02 Å². The van der Waals surface area contributed by atoms with E-state index in [0.717, 1.165) is 12.5 Å². The first-order chi connectivity index (χ1) is 12.4. The summed E-state index contributed by atoms with van der Waals surface area (Å²) < 4.78 is 40.3. The number of rotatable bonds is 4. The SMILES string of the molecule is O=C(Nc1ccc(F)cc1Cl)C1CCCCN1S(=O)(=O)c1ccccc1. The summed E-state index contributed by atoms with van der Waals surface area (Å²) in [5.41, 5.74) is 0.251. The number of halogens is 2. The molecule has 3 rings (SSSR count). The number of carbonyl (C=O) groups is 1. The molecule has 0 spiro atoms. The predicted molar refractivity (Wildman–Crippen MR) is 98.0 cm³/mol. The summed E-state index contributed by atoms with van der Waals surface area (Å²) in [4.78, 5) is 12.9. The molecule has 0 aliphatic carbocycles. The van der Waals surface area contributed by atoms with E-state index >= 15 is 0 Å². The Balaban J connectivity index is 1.86. The molecule has 2 aromatic carbocycles. The van der Waals surface area contributed by atoms with Crippen molar-refractivity contribution in [1.29, 1.82) is 0 Å². The molecule has 8 heteroatoms. The monoisotopic (exact) mass is 396 g/mol. The van der Waals surface area contributed by atoms with Crippen molar-refractivity contribution >= 4 is 33.2 Å². The van der Waals surface area contributed by atoms with Crippen LogP contribution in [0.25, 0.3) is 0 Å². The van der Waals surface area contributed by atoms with Crippen molar-refractivity contribution in [1.82, 2.24) is 4.31 Å². The Morgan fingerprint density at radius 3 is 2.58 bits per heavy atom. The van der Waals surface area contributed by atoms with Gasteiger partial charge in [0.15, 0.2) is 0 Å². The molecule has 1 N–H and O–H groups in total. The molecule has 1 fully saturated rings. The lowest BCUT2D eigenvalue weighted by Gasteiger charge is -2.33. The lowest BCUT2D eigenvalue weighted by atomic mass is 10.0. The number of benzene rings is 2. The van der Waals surface area contributed by atoms with Crippen LogP contribution >= 0.6 is 11.6 Å². The Hall–Kier alpha value is -1.96. The Morgan fingerprint density at radius 2 is 1.88 bits per heavy atom. The number of piperidine rings is 1. The fraction of sp³-hybridized carbons (Fsp3) is 0.278. The molecule has 0 saturated carbocycles. The Kier molecular flexibility index (Phi) is 5.60. The molecule has 1 aliphatic heterocycles. The summed E-state index contributed by atoms with van der Waals surface area (Å²) >= 11 is 5.95. The van der Waals surface area contributed by atoms with Crippen LogP contribution in [0, 0.1) is 5.82 Å². The van der Waals surface area contributed by atoms with Gasteiger partial charge in [-0.05, 0) is 43.2 Å². The van der Waals surface area contributed by atoms with E-state index in [1.807, 2.05) is 0 Å². The van der Waals surface area contributed by atoms with Gasteiger partial charge in [-0.3, -0.25) is 4.79 Å². The van der Waals surface area contributed by atoms with Gasteiger partial charge in [-0.1, -0.05) is 36.2 Å². The first-order valence-electron chi connectivity index (χ1n) is 8.22. The Labute approximate surface area is 156 Å². The van der Waals surface area contributed by atoms with Gasteiger partial charge in [-0.15, -0.1) is 0 Å². The molecule has 2 aromatic rings. The lowest BCUT2D eigenvalue weighted by molar-refractivity contribution is -0.120. The first-order valence-corrected chi connectivity index (χ1v) is 10.0. The molecular weight excluding hydrogens is 379 g/mol. The summed E-state index contributed by atoms with van der Waals surface area (Å²) in [6.45, 7) is 0.270. The second kappa shape index (κ2) is 7.73. The zero-order valence-corrected chi connectivity index (χ0v) is 15.4. The van der Waals surface area contributed by atoms with Crippen LogP contribution in [0.1, 0.15) is 19.3 Å². The molecule has 1 heterocycles. The van der Waals surface area contributed by atoms with Crippen LogP contribution in [0.5, 0.6) is 0 Å². The second-order valence-electron chi connectivity index (χ2n) is 6.05. The van der Waals surface area contributed by atoms with Crippen molar-refractivity contribution in [3.05, 3.63) is 59.4 Å². The second-order valence-corrected chi connectivity index (χ2v) is 8.35. The molecule has 1 aliphatic rings. The summed E-state index contributed by atoms with van der Waals surface area (Å²) in [7, 11) is -3.79. The summed E-state index contributed by atoms with van der Waals surface area (Å²) in [6, 6.07) is 10.8. The number of carbonyl (C=O) groups excluding carboxylic acids is 1. The molecule has 1 amide bonds. The van der Waals surface area contributed by atoms with Crippen LogP contribution in [-0.2, 0) is 14.8 Å². The summed E-state index contributed by atoms with van der Waals surface area (Å²) in [6.07, 6.45) is 1.85. The number of nitrogens with zero attached hydrogens (tertiary/aromatic N) is 1. The van der Waals surface area contributed by atoms with Crippen molar-refractivity contribution in [2.45, 2.75) is 30.2 Å². The molecular formula is C18H18ClFN2O3S. The quantitative estimate of drug-likeness (QED) is 0.857. The van der Waals surface area contributed by atoms with E-state index in [4.69, 9.17) is 11.6 Å². The third-order valence-corrected chi connectivity index (χ3v) is 6.53. The van der Waals surface area contributed by atoms with Crippen molar-refractivity contribution in [3.8, 4) is 0 Å². The van der Waals surface area contributed by atoms with E-state index in [1.54, 1.807) is 18.2 Å². The Bertz CT molecular complexity index is 906. The smallest absolute Gasteiger partial charge is 0.243 e. The minimum absolute atomic E-state index is 0.0617. The topological polar surface area (TPSA) is 66.5 Å². The largest absolute Gasteiger partial charge is 0.323 e. The van der Waals surface area contributed by atoms with Gasteiger partial charge in [-0.2, -0.15) is 4.31 Å². The maximum atomic E-state index is 13.2. The highest BCUT2D eigenvalue weighted by Gasteiger charge is 2.37. The number of anilines is 1. The van der Waals surface area contributed by atoms with Gasteiger partial charge in [0.05, 0.1) is 15.6 Å². The van der Waals surface area contributed by atoms with E-state index in [-0.39, 0.29) is 22.2 Å². The van der Waals surface area contributed by atoms with Gasteiger partial charge < -0.3 is 5.32 Å². The zero-order chi connectivity index (χ0) is 18.7. The molecule has 1 saturated heterocycles. The lowest BCUT2D eigenvalue weighted by Crippen LogP contribution is -2.49. The fourth-order valence-electron chi connectivity index (χ4n) is 2.99. The van der Waals surface area contributed by atoms with E-state index < -0.39 is 27.8 Å². The van der Waals surface area contributed by atoms with Gasteiger partial charge in [-0.25, -0.2) is 12.8 Å². The zero-order valence-electron chi connectivity index (χ0n) is 13.9. The van der Waals surface area contributed by atoms with Crippen molar-refractivity contribution in [2.75, 3.05) is 11.9 Å². The third-order valence-electron chi connectivity index (χ3n) is 4.30. The molecule has 1 unspecified atom stereocenters. The summed E-state index contributed by atoms with van der Waals surface area (Å²) in [5, 5.41) is 2.68. The number of hydrogen-bond donors (Lipinski definition) is 1. The van der Waals surface area contributed by atoms with Crippen LogP contribution < -0.4 is 5.32 Å². The van der Waals surface area contributed by atoms with Crippen molar-refractivity contribution < 1.29 is 17.6 Å². The van der Waals surface area contributed by atoms with Gasteiger partial charge in [0.2, 0.25) is 15.9 Å². The van der Waals surface area contributed by atoms with Crippen LogP contribution in [0.3, 0.4) is 0 Å². The molecule has 1 atom stereocenters. The van der Waals surface area contributed by atoms with E-state index in [9.17, 15) is 17.6 Å². The minimum atomic E-state index is -3.79. The van der Waals surface area contributed by atoms with Crippen LogP contribution in [0.15, 0.2) is 53.4 Å². The van der Waals surface area contributed by atoms with Gasteiger partial charge in [0.1, 0.15) is 11.9 Å². The maximum absolute atomic E-state index is 13.2. The number of nitrogens with one attached hydrogen (secondary N) is 1. The van der Waals surface area contributed by atoms with E-state index in [1.165, 1.54) is 28.6 Å². The molecule has 0 aromatic heterocycles. The molecule has 138 valence electrons. The van der Waals surface area contributed by atoms with Gasteiger partial charge in [0.25, 0.3) is 0 Å². The predicted octanol–water partition coefficient (Wildman–Crippen LogP) is 3.66. The highest BCUT2D eigenvalue weighted by Crippen LogP contribution is 2.28. The van der Waals surface area contributed by atoms with Crippen molar-refractivity contribution in [3.63, 3.8) is 0 Å². The van der Waals surface area contributed by atoms with Gasteiger partial charge in [0, 0.05) is 6.54 Å². The minimum Gasteiger partial charge on any atom is -0.323 e. The number of hydrogen-bond acceptors (Lipinski definition) is 3. The van der Waals surface area contributed by atoms with E-state index in [2.05, 4.69) is 5.32 Å². The number of sulfonamides is 1. The molecule has 26 heavy (non-hydrogen) atoms. The third kappa shape index (κ3) is 3.90.